The second-order valence-corrected chi connectivity index (χ2v) is 5.67. The van der Waals surface area contributed by atoms with Crippen molar-refractivity contribution in [3.8, 4) is 0 Å². The average molecular weight is 315 g/mol. The maximum absolute atomic E-state index is 12.9. The van der Waals surface area contributed by atoms with Crippen molar-refractivity contribution in [1.82, 2.24) is 4.90 Å². The summed E-state index contributed by atoms with van der Waals surface area (Å²) >= 11 is 0. The number of furan rings is 1. The molecule has 1 amide bonds. The van der Waals surface area contributed by atoms with Gasteiger partial charge in [0.15, 0.2) is 0 Å². The molecule has 1 aromatic heterocycles. The first-order valence-corrected chi connectivity index (χ1v) is 7.72. The SMILES string of the molecule is COCc1ccc(C(=O)N2CCOC[C@H]2c2ccc(C)o2)cc1. The maximum Gasteiger partial charge on any atom is 0.254 e. The van der Waals surface area contributed by atoms with Gasteiger partial charge in [-0.3, -0.25) is 4.79 Å². The Bertz CT molecular complexity index is 662. The first-order valence-electron chi connectivity index (χ1n) is 7.72. The topological polar surface area (TPSA) is 51.9 Å². The van der Waals surface area contributed by atoms with Gasteiger partial charge in [0.2, 0.25) is 0 Å². The monoisotopic (exact) mass is 315 g/mol. The molecule has 1 aromatic carbocycles. The van der Waals surface area contributed by atoms with Crippen molar-refractivity contribution < 1.29 is 18.7 Å². The number of aryl methyl sites for hydroxylation is 1. The van der Waals surface area contributed by atoms with E-state index in [9.17, 15) is 4.79 Å². The number of rotatable bonds is 4. The zero-order chi connectivity index (χ0) is 16.2. The third-order valence-corrected chi connectivity index (χ3v) is 3.99. The van der Waals surface area contributed by atoms with Gasteiger partial charge < -0.3 is 18.8 Å². The zero-order valence-electron chi connectivity index (χ0n) is 13.5. The number of carbonyl (C=O) groups excluding carboxylic acids is 1. The largest absolute Gasteiger partial charge is 0.464 e. The fourth-order valence-electron chi connectivity index (χ4n) is 2.79. The van der Waals surface area contributed by atoms with Gasteiger partial charge in [0.1, 0.15) is 17.6 Å². The van der Waals surface area contributed by atoms with Crippen LogP contribution >= 0.6 is 0 Å². The highest BCUT2D eigenvalue weighted by molar-refractivity contribution is 5.94. The molecule has 23 heavy (non-hydrogen) atoms. The quantitative estimate of drug-likeness (QED) is 0.870. The fraction of sp³-hybridized carbons (Fsp3) is 0.389. The van der Waals surface area contributed by atoms with E-state index in [1.54, 1.807) is 7.11 Å². The van der Waals surface area contributed by atoms with Crippen LogP contribution in [-0.4, -0.2) is 37.7 Å². The molecule has 5 heteroatoms. The Morgan fingerprint density at radius 1 is 1.26 bits per heavy atom. The summed E-state index contributed by atoms with van der Waals surface area (Å²) in [6, 6.07) is 11.2. The smallest absolute Gasteiger partial charge is 0.254 e. The number of benzene rings is 1. The van der Waals surface area contributed by atoms with Crippen molar-refractivity contribution in [3.63, 3.8) is 0 Å². The summed E-state index contributed by atoms with van der Waals surface area (Å²) in [7, 11) is 1.66. The Balaban J connectivity index is 1.80. The van der Waals surface area contributed by atoms with E-state index in [-0.39, 0.29) is 11.9 Å². The molecule has 0 saturated carbocycles. The van der Waals surface area contributed by atoms with Gasteiger partial charge in [0, 0.05) is 19.2 Å². The molecule has 1 atom stereocenters. The number of amides is 1. The minimum absolute atomic E-state index is 0.00341. The number of carbonyl (C=O) groups is 1. The van der Waals surface area contributed by atoms with Crippen LogP contribution in [0.2, 0.25) is 0 Å². The van der Waals surface area contributed by atoms with E-state index in [1.165, 1.54) is 0 Å². The lowest BCUT2D eigenvalue weighted by atomic mass is 10.1. The van der Waals surface area contributed by atoms with Crippen LogP contribution in [0.15, 0.2) is 40.8 Å². The molecular weight excluding hydrogens is 294 g/mol. The lowest BCUT2D eigenvalue weighted by molar-refractivity contribution is -0.00895. The van der Waals surface area contributed by atoms with Gasteiger partial charge in [0.25, 0.3) is 5.91 Å². The number of ether oxygens (including phenoxy) is 2. The number of morpholine rings is 1. The molecule has 2 aromatic rings. The van der Waals surface area contributed by atoms with Crippen LogP contribution < -0.4 is 0 Å². The van der Waals surface area contributed by atoms with E-state index in [2.05, 4.69) is 0 Å². The molecular formula is C18H21NO4. The number of nitrogens with zero attached hydrogens (tertiary/aromatic N) is 1. The number of methoxy groups -OCH3 is 1. The van der Waals surface area contributed by atoms with Crippen molar-refractivity contribution in [2.75, 3.05) is 26.9 Å². The van der Waals surface area contributed by atoms with Gasteiger partial charge in [0.05, 0.1) is 19.8 Å². The van der Waals surface area contributed by atoms with E-state index in [0.717, 1.165) is 17.1 Å². The summed E-state index contributed by atoms with van der Waals surface area (Å²) in [4.78, 5) is 14.7. The average Bonchev–Trinajstić information content (AvgIpc) is 3.02. The summed E-state index contributed by atoms with van der Waals surface area (Å²) in [6.07, 6.45) is 0. The molecule has 0 unspecified atom stereocenters. The highest BCUT2D eigenvalue weighted by Crippen LogP contribution is 2.27. The Labute approximate surface area is 135 Å². The van der Waals surface area contributed by atoms with Crippen LogP contribution in [0.25, 0.3) is 0 Å². The van der Waals surface area contributed by atoms with Gasteiger partial charge in [-0.25, -0.2) is 0 Å². The summed E-state index contributed by atoms with van der Waals surface area (Å²) < 4.78 is 16.3. The minimum atomic E-state index is -0.177. The molecule has 2 heterocycles. The van der Waals surface area contributed by atoms with Gasteiger partial charge in [-0.2, -0.15) is 0 Å². The van der Waals surface area contributed by atoms with Crippen molar-refractivity contribution in [1.29, 1.82) is 0 Å². The summed E-state index contributed by atoms with van der Waals surface area (Å²) in [5.41, 5.74) is 1.71. The van der Waals surface area contributed by atoms with Crippen LogP contribution in [0.1, 0.15) is 33.5 Å². The van der Waals surface area contributed by atoms with Crippen LogP contribution in [0.5, 0.6) is 0 Å². The predicted octanol–water partition coefficient (Wildman–Crippen LogP) is 2.95. The Hall–Kier alpha value is -2.11. The first-order chi connectivity index (χ1) is 11.2. The van der Waals surface area contributed by atoms with E-state index >= 15 is 0 Å². The highest BCUT2D eigenvalue weighted by Gasteiger charge is 2.31. The van der Waals surface area contributed by atoms with Crippen molar-refractivity contribution >= 4 is 5.91 Å². The number of hydrogen-bond donors (Lipinski definition) is 0. The standard InChI is InChI=1S/C18H21NO4/c1-13-3-8-17(23-13)16-12-22-10-9-19(16)18(20)15-6-4-14(5-7-15)11-21-2/h3-8,16H,9-12H2,1-2H3/t16-/m0/s1. The van der Waals surface area contributed by atoms with Crippen LogP contribution in [-0.2, 0) is 16.1 Å². The van der Waals surface area contributed by atoms with Crippen LogP contribution in [0.3, 0.4) is 0 Å². The summed E-state index contributed by atoms with van der Waals surface area (Å²) in [6.45, 7) is 4.00. The lowest BCUT2D eigenvalue weighted by Gasteiger charge is -2.34. The van der Waals surface area contributed by atoms with Crippen LogP contribution in [0.4, 0.5) is 0 Å². The Morgan fingerprint density at radius 2 is 2.04 bits per heavy atom. The molecule has 3 rings (SSSR count). The molecule has 1 aliphatic rings. The molecule has 0 N–H and O–H groups in total. The molecule has 0 spiro atoms. The number of hydrogen-bond acceptors (Lipinski definition) is 4. The van der Waals surface area contributed by atoms with Crippen molar-refractivity contribution in [3.05, 3.63) is 59.0 Å². The van der Waals surface area contributed by atoms with Gasteiger partial charge >= 0.3 is 0 Å². The molecule has 5 nitrogen and oxygen atoms in total. The van der Waals surface area contributed by atoms with Crippen LogP contribution in [0, 0.1) is 6.92 Å². The normalized spacial score (nSPS) is 18.2. The van der Waals surface area contributed by atoms with E-state index in [1.807, 2.05) is 48.2 Å². The van der Waals surface area contributed by atoms with Gasteiger partial charge in [-0.1, -0.05) is 12.1 Å². The Morgan fingerprint density at radius 3 is 2.70 bits per heavy atom. The zero-order valence-corrected chi connectivity index (χ0v) is 13.5. The fourth-order valence-corrected chi connectivity index (χ4v) is 2.79. The third kappa shape index (κ3) is 3.46. The van der Waals surface area contributed by atoms with E-state index < -0.39 is 0 Å². The van der Waals surface area contributed by atoms with E-state index in [0.29, 0.717) is 31.9 Å². The Kier molecular flexibility index (Phi) is 4.79. The molecule has 1 fully saturated rings. The van der Waals surface area contributed by atoms with Crippen molar-refractivity contribution in [2.24, 2.45) is 0 Å². The second-order valence-electron chi connectivity index (χ2n) is 5.67. The molecule has 1 aliphatic heterocycles. The van der Waals surface area contributed by atoms with E-state index in [4.69, 9.17) is 13.9 Å². The van der Waals surface area contributed by atoms with Gasteiger partial charge in [-0.05, 0) is 36.8 Å². The summed E-state index contributed by atoms with van der Waals surface area (Å²) in [5, 5.41) is 0. The van der Waals surface area contributed by atoms with Crippen molar-refractivity contribution in [2.45, 2.75) is 19.6 Å². The predicted molar refractivity (Wildman–Crippen MR) is 85.2 cm³/mol. The molecule has 0 radical (unpaired) electrons. The molecule has 0 bridgehead atoms. The second kappa shape index (κ2) is 6.98. The third-order valence-electron chi connectivity index (χ3n) is 3.99. The summed E-state index contributed by atoms with van der Waals surface area (Å²) in [5.74, 6) is 1.60. The molecule has 0 aliphatic carbocycles. The molecule has 122 valence electrons. The van der Waals surface area contributed by atoms with Gasteiger partial charge in [-0.15, -0.1) is 0 Å². The maximum atomic E-state index is 12.9. The minimum Gasteiger partial charge on any atom is -0.464 e. The molecule has 1 saturated heterocycles. The first kappa shape index (κ1) is 15.8. The highest BCUT2D eigenvalue weighted by atomic mass is 16.5. The lowest BCUT2D eigenvalue weighted by Crippen LogP contribution is -2.43.